The monoisotopic (exact) mass is 689 g/mol. The van der Waals surface area contributed by atoms with Crippen LogP contribution in [0.15, 0.2) is 59.5 Å². The van der Waals surface area contributed by atoms with Gasteiger partial charge in [0.05, 0.1) is 34.9 Å². The average Bonchev–Trinajstić information content (AvgIpc) is 3.71. The van der Waals surface area contributed by atoms with E-state index in [0.717, 1.165) is 95.5 Å². The van der Waals surface area contributed by atoms with E-state index in [0.29, 0.717) is 28.5 Å². The number of methoxy groups -OCH3 is 1. The van der Waals surface area contributed by atoms with Crippen molar-refractivity contribution in [2.45, 2.75) is 64.0 Å². The third-order valence-electron chi connectivity index (χ3n) is 10.8. The molecule has 8 rings (SSSR count). The predicted molar refractivity (Wildman–Crippen MR) is 196 cm³/mol. The molecule has 5 aromatic rings. The Hall–Kier alpha value is -4.80. The van der Waals surface area contributed by atoms with Gasteiger partial charge in [-0.3, -0.25) is 14.5 Å². The molecule has 2 aromatic carbocycles. The molecule has 0 saturated carbocycles. The second-order valence-corrected chi connectivity index (χ2v) is 14.3. The number of likely N-dealkylation sites (tertiary alicyclic amines) is 1. The Kier molecular flexibility index (Phi) is 8.11. The maximum atomic E-state index is 13.1. The molecule has 50 heavy (non-hydrogen) atoms. The van der Waals surface area contributed by atoms with Crippen molar-refractivity contribution in [3.8, 4) is 28.3 Å². The van der Waals surface area contributed by atoms with Crippen molar-refractivity contribution in [2.24, 2.45) is 7.05 Å². The highest BCUT2D eigenvalue weighted by Gasteiger charge is 2.45. The molecule has 10 nitrogen and oxygen atoms in total. The second-order valence-electron chi connectivity index (χ2n) is 14.0. The largest absolute Gasteiger partial charge is 0.481 e. The Morgan fingerprint density at radius 2 is 1.82 bits per heavy atom. The maximum absolute atomic E-state index is 13.1. The summed E-state index contributed by atoms with van der Waals surface area (Å²) in [6.45, 7) is 5.74. The normalized spacial score (nSPS) is 20.3. The number of hydrogen-bond donors (Lipinski definition) is 2. The predicted octanol–water partition coefficient (Wildman–Crippen LogP) is 6.81. The SMILES string of the molecule is COc1nc(-c2cccc(-c3cccc(Nc4nc(C)cc5cnn(C)c(=O)c45)c3C)c2Cl)cc2c1[C@H](N1CC[C@@]3(CCCC(=O)N3)C1)CC2. The summed E-state index contributed by atoms with van der Waals surface area (Å²) in [6, 6.07) is 16.3. The number of aryl methyl sites for hydroxylation is 3. The number of aromatic nitrogens is 4. The molecule has 256 valence electrons. The number of nitrogens with one attached hydrogen (secondary N) is 2. The molecule has 0 radical (unpaired) electrons. The molecular weight excluding hydrogens is 650 g/mol. The molecule has 1 spiro atoms. The number of anilines is 2. The van der Waals surface area contributed by atoms with Gasteiger partial charge >= 0.3 is 0 Å². The van der Waals surface area contributed by atoms with E-state index in [2.05, 4.69) is 32.8 Å². The number of amides is 1. The second kappa shape index (κ2) is 12.5. The van der Waals surface area contributed by atoms with Crippen LogP contribution in [0.1, 0.15) is 60.5 Å². The molecule has 5 heterocycles. The zero-order valence-electron chi connectivity index (χ0n) is 28.8. The minimum absolute atomic E-state index is 0.115. The first-order valence-electron chi connectivity index (χ1n) is 17.3. The Bertz CT molecular complexity index is 2250. The van der Waals surface area contributed by atoms with Gasteiger partial charge in [-0.15, -0.1) is 0 Å². The van der Waals surface area contributed by atoms with Gasteiger partial charge in [0.1, 0.15) is 5.82 Å². The summed E-state index contributed by atoms with van der Waals surface area (Å²) in [6.07, 6.45) is 7.19. The molecule has 2 saturated heterocycles. The van der Waals surface area contributed by atoms with Crippen molar-refractivity contribution in [3.05, 3.63) is 92.5 Å². The van der Waals surface area contributed by atoms with Gasteiger partial charge in [-0.1, -0.05) is 41.9 Å². The number of fused-ring (bicyclic) bond motifs is 2. The van der Waals surface area contributed by atoms with E-state index < -0.39 is 0 Å². The Morgan fingerprint density at radius 3 is 2.64 bits per heavy atom. The number of rotatable bonds is 6. The molecule has 2 fully saturated rings. The highest BCUT2D eigenvalue weighted by atomic mass is 35.5. The van der Waals surface area contributed by atoms with Crippen molar-refractivity contribution >= 4 is 39.8 Å². The third-order valence-corrected chi connectivity index (χ3v) is 11.2. The number of carbonyl (C=O) groups excluding carboxylic acids is 1. The van der Waals surface area contributed by atoms with E-state index in [1.165, 1.54) is 10.2 Å². The molecule has 1 aliphatic carbocycles. The summed E-state index contributed by atoms with van der Waals surface area (Å²) in [5.74, 6) is 1.30. The highest BCUT2D eigenvalue weighted by molar-refractivity contribution is 6.36. The van der Waals surface area contributed by atoms with Gasteiger partial charge in [-0.05, 0) is 80.8 Å². The molecule has 1 amide bonds. The molecule has 0 unspecified atom stereocenters. The molecule has 11 heteroatoms. The van der Waals surface area contributed by atoms with Crippen molar-refractivity contribution in [2.75, 3.05) is 25.5 Å². The van der Waals surface area contributed by atoms with Gasteiger partial charge < -0.3 is 15.4 Å². The lowest BCUT2D eigenvalue weighted by atomic mass is 9.88. The standard InChI is InChI=1S/C39H40ClN7O3/c1-22-18-25-20-41-46(3)38(49)34(25)36(42-22)43-29-11-6-8-26(23(29)2)27-9-5-10-28(35(27)40)30-19-24-13-14-31(33(24)37(44-30)50-4)47-17-16-39(21-47)15-7-12-32(48)45-39/h5-6,8-11,18-20,31H,7,12-17,21H2,1-4H3,(H,42,43)(H,45,48)/t31-,39+/m1/s1. The first kappa shape index (κ1) is 32.4. The number of piperidine rings is 1. The Morgan fingerprint density at radius 1 is 1.02 bits per heavy atom. The van der Waals surface area contributed by atoms with Gasteiger partial charge in [0.25, 0.3) is 5.56 Å². The van der Waals surface area contributed by atoms with Crippen LogP contribution in [-0.4, -0.2) is 56.3 Å². The number of ether oxygens (including phenoxy) is 1. The zero-order valence-corrected chi connectivity index (χ0v) is 29.5. The van der Waals surface area contributed by atoms with E-state index in [1.807, 2.05) is 50.2 Å². The maximum Gasteiger partial charge on any atom is 0.278 e. The lowest BCUT2D eigenvalue weighted by Crippen LogP contribution is -2.53. The number of hydrogen-bond acceptors (Lipinski definition) is 8. The van der Waals surface area contributed by atoms with Gasteiger partial charge in [0.2, 0.25) is 11.8 Å². The van der Waals surface area contributed by atoms with Crippen LogP contribution in [0.4, 0.5) is 11.5 Å². The first-order valence-corrected chi connectivity index (χ1v) is 17.6. The summed E-state index contributed by atoms with van der Waals surface area (Å²) in [4.78, 5) is 37.6. The number of halogens is 1. The van der Waals surface area contributed by atoms with Crippen molar-refractivity contribution in [1.82, 2.24) is 30.0 Å². The van der Waals surface area contributed by atoms with Crippen LogP contribution >= 0.6 is 11.6 Å². The van der Waals surface area contributed by atoms with Crippen LogP contribution in [-0.2, 0) is 18.3 Å². The molecule has 2 aliphatic heterocycles. The van der Waals surface area contributed by atoms with Crippen LogP contribution in [0.5, 0.6) is 5.88 Å². The lowest BCUT2D eigenvalue weighted by Gasteiger charge is -2.35. The van der Waals surface area contributed by atoms with Crippen LogP contribution in [0.2, 0.25) is 5.02 Å². The summed E-state index contributed by atoms with van der Waals surface area (Å²) in [5, 5.41) is 12.8. The number of carbonyl (C=O) groups is 1. The summed E-state index contributed by atoms with van der Waals surface area (Å²) in [5.41, 5.74) is 8.07. The summed E-state index contributed by atoms with van der Waals surface area (Å²) in [7, 11) is 3.32. The number of benzene rings is 2. The molecule has 3 aromatic heterocycles. The molecule has 0 bridgehead atoms. The third kappa shape index (κ3) is 5.51. The summed E-state index contributed by atoms with van der Waals surface area (Å²) >= 11 is 7.27. The van der Waals surface area contributed by atoms with Gasteiger partial charge in [0.15, 0.2) is 0 Å². The van der Waals surface area contributed by atoms with Crippen molar-refractivity contribution in [3.63, 3.8) is 0 Å². The average molecular weight is 690 g/mol. The number of nitrogens with zero attached hydrogens (tertiary/aromatic N) is 5. The topological polar surface area (TPSA) is 114 Å². The van der Waals surface area contributed by atoms with Gasteiger partial charge in [0, 0.05) is 66.1 Å². The van der Waals surface area contributed by atoms with Crippen LogP contribution in [0, 0.1) is 13.8 Å². The minimum atomic E-state index is -0.215. The van der Waals surface area contributed by atoms with Crippen molar-refractivity contribution < 1.29 is 9.53 Å². The van der Waals surface area contributed by atoms with Crippen LogP contribution in [0.25, 0.3) is 33.2 Å². The van der Waals surface area contributed by atoms with Gasteiger partial charge in [-0.25, -0.2) is 14.6 Å². The fourth-order valence-corrected chi connectivity index (χ4v) is 8.66. The smallest absolute Gasteiger partial charge is 0.278 e. The quantitative estimate of drug-likeness (QED) is 0.200. The molecule has 3 aliphatic rings. The van der Waals surface area contributed by atoms with E-state index in [9.17, 15) is 9.59 Å². The Balaban J connectivity index is 1.12. The molecule has 2 atom stereocenters. The minimum Gasteiger partial charge on any atom is -0.481 e. The first-order chi connectivity index (χ1) is 24.1. The van der Waals surface area contributed by atoms with Gasteiger partial charge in [-0.2, -0.15) is 5.10 Å². The zero-order chi connectivity index (χ0) is 34.7. The van der Waals surface area contributed by atoms with Crippen LogP contribution < -0.4 is 20.9 Å². The fourth-order valence-electron chi connectivity index (χ4n) is 8.33. The highest BCUT2D eigenvalue weighted by Crippen LogP contribution is 2.47. The molecular formula is C39H40ClN7O3. The molecule has 2 N–H and O–H groups in total. The number of pyridine rings is 2. The van der Waals surface area contributed by atoms with E-state index in [1.54, 1.807) is 20.4 Å². The van der Waals surface area contributed by atoms with E-state index >= 15 is 0 Å². The Labute approximate surface area is 295 Å². The lowest BCUT2D eigenvalue weighted by molar-refractivity contribution is -0.125. The fraction of sp³-hybridized carbons (Fsp3) is 0.359. The summed E-state index contributed by atoms with van der Waals surface area (Å²) < 4.78 is 7.29. The van der Waals surface area contributed by atoms with E-state index in [-0.39, 0.29) is 23.0 Å². The van der Waals surface area contributed by atoms with E-state index in [4.69, 9.17) is 26.3 Å². The van der Waals surface area contributed by atoms with Crippen LogP contribution in [0.3, 0.4) is 0 Å². The van der Waals surface area contributed by atoms with Crippen molar-refractivity contribution in [1.29, 1.82) is 0 Å².